The molecule has 0 aliphatic carbocycles. The Balaban J connectivity index is 2.46. The van der Waals surface area contributed by atoms with Crippen molar-refractivity contribution in [3.8, 4) is 10.4 Å². The summed E-state index contributed by atoms with van der Waals surface area (Å²) < 4.78 is 5.10. The van der Waals surface area contributed by atoms with Gasteiger partial charge in [0.1, 0.15) is 0 Å². The number of rotatable bonds is 3. The van der Waals surface area contributed by atoms with Gasteiger partial charge in [-0.15, -0.1) is 11.3 Å². The molecule has 0 spiro atoms. The van der Waals surface area contributed by atoms with Gasteiger partial charge in [0, 0.05) is 4.88 Å². The van der Waals surface area contributed by atoms with Crippen LogP contribution in [0.4, 0.5) is 0 Å². The van der Waals surface area contributed by atoms with E-state index in [1.54, 1.807) is 11.3 Å². The number of carbonyl (C=O) groups excluding carboxylic acids is 1. The molecule has 0 saturated heterocycles. The number of aryl methyl sites for hydroxylation is 1. The predicted molar refractivity (Wildman–Crippen MR) is 70.4 cm³/mol. The van der Waals surface area contributed by atoms with Gasteiger partial charge in [0.15, 0.2) is 0 Å². The van der Waals surface area contributed by atoms with Crippen LogP contribution in [0.5, 0.6) is 0 Å². The van der Waals surface area contributed by atoms with Crippen LogP contribution in [0.25, 0.3) is 10.4 Å². The number of esters is 1. The van der Waals surface area contributed by atoms with Crippen molar-refractivity contribution in [3.05, 3.63) is 46.8 Å². The van der Waals surface area contributed by atoms with Gasteiger partial charge in [-0.05, 0) is 30.4 Å². The minimum Gasteiger partial charge on any atom is -0.462 e. The lowest BCUT2D eigenvalue weighted by atomic mass is 10.1. The zero-order valence-electron chi connectivity index (χ0n) is 9.90. The Morgan fingerprint density at radius 2 is 2.00 bits per heavy atom. The fraction of sp³-hybridized carbons (Fsp3) is 0.214. The van der Waals surface area contributed by atoms with E-state index in [1.165, 1.54) is 0 Å². The second-order valence-electron chi connectivity index (χ2n) is 3.71. The van der Waals surface area contributed by atoms with Gasteiger partial charge in [0.05, 0.1) is 12.2 Å². The van der Waals surface area contributed by atoms with Crippen LogP contribution in [0, 0.1) is 6.92 Å². The van der Waals surface area contributed by atoms with E-state index in [-0.39, 0.29) is 5.97 Å². The summed E-state index contributed by atoms with van der Waals surface area (Å²) in [5.41, 5.74) is 2.74. The summed E-state index contributed by atoms with van der Waals surface area (Å²) in [5, 5.41) is 1.99. The lowest BCUT2D eigenvalue weighted by Crippen LogP contribution is -2.06. The Kier molecular flexibility index (Phi) is 3.59. The second kappa shape index (κ2) is 5.15. The highest BCUT2D eigenvalue weighted by molar-refractivity contribution is 7.14. The van der Waals surface area contributed by atoms with E-state index >= 15 is 0 Å². The van der Waals surface area contributed by atoms with E-state index in [2.05, 4.69) is 0 Å². The number of hydrogen-bond acceptors (Lipinski definition) is 3. The maximum Gasteiger partial charge on any atom is 0.339 e. The third-order valence-electron chi connectivity index (χ3n) is 2.49. The van der Waals surface area contributed by atoms with Gasteiger partial charge in [-0.3, -0.25) is 0 Å². The summed E-state index contributed by atoms with van der Waals surface area (Å²) in [7, 11) is 0. The molecule has 2 rings (SSSR count). The zero-order valence-corrected chi connectivity index (χ0v) is 10.7. The van der Waals surface area contributed by atoms with Crippen LogP contribution in [-0.2, 0) is 4.74 Å². The molecule has 0 radical (unpaired) electrons. The molecule has 1 aromatic carbocycles. The van der Waals surface area contributed by atoms with Crippen LogP contribution >= 0.6 is 11.3 Å². The third-order valence-corrected chi connectivity index (χ3v) is 3.64. The summed E-state index contributed by atoms with van der Waals surface area (Å²) in [6, 6.07) is 9.93. The quantitative estimate of drug-likeness (QED) is 0.768. The van der Waals surface area contributed by atoms with E-state index in [0.717, 1.165) is 16.0 Å². The highest BCUT2D eigenvalue weighted by Crippen LogP contribution is 2.32. The monoisotopic (exact) mass is 246 g/mol. The minimum atomic E-state index is -0.231. The highest BCUT2D eigenvalue weighted by Gasteiger charge is 2.18. The first kappa shape index (κ1) is 11.9. The molecule has 88 valence electrons. The summed E-state index contributed by atoms with van der Waals surface area (Å²) in [6.07, 6.45) is 0. The molecule has 0 amide bonds. The standard InChI is InChI=1S/C14H14O2S/c1-3-16-14(15)12-10(2)9-17-13(12)11-7-5-4-6-8-11/h4-9H,3H2,1-2H3. The van der Waals surface area contributed by atoms with E-state index in [9.17, 15) is 4.79 Å². The molecule has 3 heteroatoms. The average molecular weight is 246 g/mol. The van der Waals surface area contributed by atoms with E-state index in [1.807, 2.05) is 49.6 Å². The first-order chi connectivity index (χ1) is 8.24. The second-order valence-corrected chi connectivity index (χ2v) is 4.59. The molecule has 17 heavy (non-hydrogen) atoms. The van der Waals surface area contributed by atoms with Gasteiger partial charge in [-0.1, -0.05) is 30.3 Å². The molecule has 0 aliphatic rings. The molecule has 0 saturated carbocycles. The van der Waals surface area contributed by atoms with Gasteiger partial charge in [0.2, 0.25) is 0 Å². The largest absolute Gasteiger partial charge is 0.462 e. The molecule has 0 bridgehead atoms. The topological polar surface area (TPSA) is 26.3 Å². The van der Waals surface area contributed by atoms with Gasteiger partial charge < -0.3 is 4.74 Å². The number of benzene rings is 1. The van der Waals surface area contributed by atoms with Crippen LogP contribution in [0.3, 0.4) is 0 Å². The van der Waals surface area contributed by atoms with E-state index in [4.69, 9.17) is 4.74 Å². The number of carbonyl (C=O) groups is 1. The average Bonchev–Trinajstić information content (AvgIpc) is 2.73. The van der Waals surface area contributed by atoms with Crippen molar-refractivity contribution >= 4 is 17.3 Å². The van der Waals surface area contributed by atoms with Crippen molar-refractivity contribution in [1.29, 1.82) is 0 Å². The fourth-order valence-electron chi connectivity index (χ4n) is 1.70. The predicted octanol–water partition coefficient (Wildman–Crippen LogP) is 3.90. The molecule has 0 unspecified atom stereocenters. The first-order valence-corrected chi connectivity index (χ1v) is 6.42. The summed E-state index contributed by atoms with van der Waals surface area (Å²) >= 11 is 1.58. The van der Waals surface area contributed by atoms with Crippen molar-refractivity contribution in [3.63, 3.8) is 0 Å². The Morgan fingerprint density at radius 3 is 2.65 bits per heavy atom. The third kappa shape index (κ3) is 2.39. The van der Waals surface area contributed by atoms with E-state index < -0.39 is 0 Å². The first-order valence-electron chi connectivity index (χ1n) is 5.54. The number of thiophene rings is 1. The summed E-state index contributed by atoms with van der Waals surface area (Å²) in [6.45, 7) is 4.17. The molecule has 0 N–H and O–H groups in total. The van der Waals surface area contributed by atoms with Crippen LogP contribution in [0.1, 0.15) is 22.8 Å². The Bertz CT molecular complexity index is 514. The molecule has 1 heterocycles. The summed E-state index contributed by atoms with van der Waals surface area (Å²) in [4.78, 5) is 12.9. The van der Waals surface area contributed by atoms with Gasteiger partial charge in [0.25, 0.3) is 0 Å². The Hall–Kier alpha value is -1.61. The number of hydrogen-bond donors (Lipinski definition) is 0. The molecular formula is C14H14O2S. The smallest absolute Gasteiger partial charge is 0.339 e. The molecule has 0 atom stereocenters. The van der Waals surface area contributed by atoms with Gasteiger partial charge >= 0.3 is 5.97 Å². The van der Waals surface area contributed by atoms with Crippen molar-refractivity contribution in [1.82, 2.24) is 0 Å². The Morgan fingerprint density at radius 1 is 1.29 bits per heavy atom. The van der Waals surface area contributed by atoms with Crippen molar-refractivity contribution < 1.29 is 9.53 Å². The highest BCUT2D eigenvalue weighted by atomic mass is 32.1. The molecule has 0 aliphatic heterocycles. The Labute approximate surface area is 105 Å². The van der Waals surface area contributed by atoms with Crippen molar-refractivity contribution in [2.45, 2.75) is 13.8 Å². The van der Waals surface area contributed by atoms with Gasteiger partial charge in [-0.2, -0.15) is 0 Å². The molecule has 1 aromatic heterocycles. The zero-order chi connectivity index (χ0) is 12.3. The lowest BCUT2D eigenvalue weighted by Gasteiger charge is -2.05. The van der Waals surface area contributed by atoms with E-state index in [0.29, 0.717) is 12.2 Å². The molecule has 0 fully saturated rings. The van der Waals surface area contributed by atoms with Gasteiger partial charge in [-0.25, -0.2) is 4.79 Å². The van der Waals surface area contributed by atoms with Crippen molar-refractivity contribution in [2.24, 2.45) is 0 Å². The van der Waals surface area contributed by atoms with Crippen LogP contribution in [0.15, 0.2) is 35.7 Å². The maximum absolute atomic E-state index is 11.9. The minimum absolute atomic E-state index is 0.231. The lowest BCUT2D eigenvalue weighted by molar-refractivity contribution is 0.0527. The summed E-state index contributed by atoms with van der Waals surface area (Å²) in [5.74, 6) is -0.231. The fourth-order valence-corrected chi connectivity index (χ4v) is 2.75. The van der Waals surface area contributed by atoms with Crippen LogP contribution in [0.2, 0.25) is 0 Å². The normalized spacial score (nSPS) is 10.2. The molecule has 2 aromatic rings. The maximum atomic E-state index is 11.9. The SMILES string of the molecule is CCOC(=O)c1c(C)csc1-c1ccccc1. The molecular weight excluding hydrogens is 232 g/mol. The number of ether oxygens (including phenoxy) is 1. The van der Waals surface area contributed by atoms with Crippen LogP contribution < -0.4 is 0 Å². The molecule has 2 nitrogen and oxygen atoms in total. The van der Waals surface area contributed by atoms with Crippen LogP contribution in [-0.4, -0.2) is 12.6 Å². The van der Waals surface area contributed by atoms with Crippen molar-refractivity contribution in [2.75, 3.05) is 6.61 Å².